The summed E-state index contributed by atoms with van der Waals surface area (Å²) in [5, 5.41) is 1.13. The molecule has 3 rings (SSSR count). The maximum atomic E-state index is 5.16. The van der Waals surface area contributed by atoms with Crippen LogP contribution in [-0.4, -0.2) is 12.1 Å². The van der Waals surface area contributed by atoms with E-state index < -0.39 is 0 Å². The molecule has 2 nitrogen and oxygen atoms in total. The Morgan fingerprint density at radius 2 is 1.74 bits per heavy atom. The molecule has 3 aromatic rings. The maximum absolute atomic E-state index is 5.16. The number of methoxy groups -OCH3 is 1. The number of fused-ring (bicyclic) bond motifs is 1. The van der Waals surface area contributed by atoms with Crippen LogP contribution in [0, 0.1) is 0 Å². The van der Waals surface area contributed by atoms with E-state index in [4.69, 9.17) is 4.74 Å². The molecule has 0 saturated heterocycles. The number of rotatable bonds is 2. The van der Waals surface area contributed by atoms with Crippen molar-refractivity contribution < 1.29 is 4.74 Å². The molecule has 1 aromatic heterocycles. The molecule has 0 aliphatic heterocycles. The lowest BCUT2D eigenvalue weighted by Crippen LogP contribution is -1.86. The molecule has 0 unspecified atom stereocenters. The molecule has 2 aromatic carbocycles. The zero-order valence-electron chi connectivity index (χ0n) is 10.4. The lowest BCUT2D eigenvalue weighted by atomic mass is 10.1. The van der Waals surface area contributed by atoms with Gasteiger partial charge in [-0.15, -0.1) is 0 Å². The van der Waals surface area contributed by atoms with Crippen molar-refractivity contribution in [3.05, 3.63) is 59.1 Å². The normalized spacial score (nSPS) is 10.6. The van der Waals surface area contributed by atoms with Crippen LogP contribution >= 0.6 is 15.9 Å². The molecular weight excluding hydrogens is 302 g/mol. The molecular formula is C16H12BrNO. The molecule has 1 heterocycles. The zero-order valence-corrected chi connectivity index (χ0v) is 12.0. The minimum absolute atomic E-state index is 0.855. The molecule has 0 bridgehead atoms. The van der Waals surface area contributed by atoms with E-state index in [2.05, 4.69) is 33.0 Å². The largest absolute Gasteiger partial charge is 0.497 e. The molecule has 0 aliphatic carbocycles. The number of hydrogen-bond acceptors (Lipinski definition) is 2. The summed E-state index contributed by atoms with van der Waals surface area (Å²) in [4.78, 5) is 4.68. The number of ether oxygens (including phenoxy) is 1. The molecule has 0 spiro atoms. The molecule has 94 valence electrons. The second-order valence-electron chi connectivity index (χ2n) is 4.26. The fourth-order valence-corrected chi connectivity index (χ4v) is 2.40. The molecule has 0 aliphatic rings. The van der Waals surface area contributed by atoms with E-state index in [-0.39, 0.29) is 0 Å². The average molecular weight is 314 g/mol. The summed E-state index contributed by atoms with van der Waals surface area (Å²) in [6, 6.07) is 18.2. The van der Waals surface area contributed by atoms with Gasteiger partial charge in [0.05, 0.1) is 18.3 Å². The van der Waals surface area contributed by atoms with Crippen LogP contribution in [0.3, 0.4) is 0 Å². The number of pyridine rings is 1. The van der Waals surface area contributed by atoms with Crippen LogP contribution in [-0.2, 0) is 0 Å². The Balaban J connectivity index is 2.06. The van der Waals surface area contributed by atoms with E-state index in [1.807, 2.05) is 42.5 Å². The van der Waals surface area contributed by atoms with Gasteiger partial charge in [-0.2, -0.15) is 0 Å². The first-order valence-corrected chi connectivity index (χ1v) is 6.76. The van der Waals surface area contributed by atoms with Gasteiger partial charge in [-0.05, 0) is 48.5 Å². The van der Waals surface area contributed by atoms with Gasteiger partial charge >= 0.3 is 0 Å². The molecule has 0 atom stereocenters. The first-order valence-electron chi connectivity index (χ1n) is 5.97. The number of halogens is 1. The van der Waals surface area contributed by atoms with Gasteiger partial charge in [-0.25, -0.2) is 4.98 Å². The molecule has 19 heavy (non-hydrogen) atoms. The van der Waals surface area contributed by atoms with Gasteiger partial charge in [0.15, 0.2) is 0 Å². The first-order chi connectivity index (χ1) is 9.26. The molecule has 0 saturated carbocycles. The van der Waals surface area contributed by atoms with Crippen molar-refractivity contribution in [2.45, 2.75) is 0 Å². The van der Waals surface area contributed by atoms with Crippen LogP contribution in [0.25, 0.3) is 22.2 Å². The van der Waals surface area contributed by atoms with Crippen LogP contribution in [0.4, 0.5) is 0 Å². The van der Waals surface area contributed by atoms with Crippen molar-refractivity contribution in [1.29, 1.82) is 0 Å². The van der Waals surface area contributed by atoms with E-state index >= 15 is 0 Å². The van der Waals surface area contributed by atoms with Crippen LogP contribution < -0.4 is 4.74 Å². The Morgan fingerprint density at radius 1 is 0.947 bits per heavy atom. The Bertz CT molecular complexity index is 722. The fourth-order valence-electron chi connectivity index (χ4n) is 2.02. The van der Waals surface area contributed by atoms with E-state index in [0.29, 0.717) is 0 Å². The van der Waals surface area contributed by atoms with Crippen LogP contribution in [0.5, 0.6) is 5.75 Å². The van der Waals surface area contributed by atoms with Gasteiger partial charge in [0.25, 0.3) is 0 Å². The van der Waals surface area contributed by atoms with Gasteiger partial charge in [-0.1, -0.05) is 22.0 Å². The maximum Gasteiger partial charge on any atom is 0.118 e. The smallest absolute Gasteiger partial charge is 0.118 e. The Hall–Kier alpha value is -1.87. The predicted molar refractivity (Wildman–Crippen MR) is 81.4 cm³/mol. The van der Waals surface area contributed by atoms with Gasteiger partial charge in [-0.3, -0.25) is 0 Å². The first kappa shape index (κ1) is 12.2. The summed E-state index contributed by atoms with van der Waals surface area (Å²) in [5.41, 5.74) is 3.06. The summed E-state index contributed by atoms with van der Waals surface area (Å²) in [5.74, 6) is 0.855. The fraction of sp³-hybridized carbons (Fsp3) is 0.0625. The topological polar surface area (TPSA) is 22.1 Å². The summed E-state index contributed by atoms with van der Waals surface area (Å²) >= 11 is 3.47. The highest BCUT2D eigenvalue weighted by atomic mass is 79.9. The van der Waals surface area contributed by atoms with Crippen molar-refractivity contribution in [2.24, 2.45) is 0 Å². The Morgan fingerprint density at radius 3 is 2.47 bits per heavy atom. The Labute approximate surface area is 120 Å². The minimum Gasteiger partial charge on any atom is -0.497 e. The van der Waals surface area contributed by atoms with Crippen LogP contribution in [0.2, 0.25) is 0 Å². The van der Waals surface area contributed by atoms with Crippen molar-refractivity contribution in [3.8, 4) is 17.0 Å². The number of benzene rings is 2. The van der Waals surface area contributed by atoms with Gasteiger partial charge in [0, 0.05) is 15.4 Å². The highest BCUT2D eigenvalue weighted by Gasteiger charge is 2.02. The quantitative estimate of drug-likeness (QED) is 0.685. The van der Waals surface area contributed by atoms with Crippen molar-refractivity contribution >= 4 is 26.8 Å². The van der Waals surface area contributed by atoms with Crippen molar-refractivity contribution in [3.63, 3.8) is 0 Å². The number of hydrogen-bond donors (Lipinski definition) is 0. The third kappa shape index (κ3) is 2.47. The summed E-state index contributed by atoms with van der Waals surface area (Å²) < 4.78 is 6.23. The van der Waals surface area contributed by atoms with Gasteiger partial charge < -0.3 is 4.74 Å². The van der Waals surface area contributed by atoms with Crippen LogP contribution in [0.1, 0.15) is 0 Å². The van der Waals surface area contributed by atoms with E-state index in [9.17, 15) is 0 Å². The third-order valence-corrected chi connectivity index (χ3v) is 3.53. The number of aromatic nitrogens is 1. The predicted octanol–water partition coefficient (Wildman–Crippen LogP) is 4.67. The summed E-state index contributed by atoms with van der Waals surface area (Å²) in [6.45, 7) is 0. The van der Waals surface area contributed by atoms with Gasteiger partial charge in [0.2, 0.25) is 0 Å². The molecule has 3 heteroatoms. The average Bonchev–Trinajstić information content (AvgIpc) is 2.47. The van der Waals surface area contributed by atoms with Crippen molar-refractivity contribution in [1.82, 2.24) is 4.98 Å². The second kappa shape index (κ2) is 5.02. The SMILES string of the molecule is COc1ccc(-c2ccc3cc(Br)ccc3n2)cc1. The standard InChI is InChI=1S/C16H12BrNO/c1-19-14-6-2-11(3-7-14)15-8-4-12-10-13(17)5-9-16(12)18-15/h2-10H,1H3. The van der Waals surface area contributed by atoms with E-state index in [0.717, 1.165) is 32.4 Å². The lowest BCUT2D eigenvalue weighted by molar-refractivity contribution is 0.415. The van der Waals surface area contributed by atoms with Crippen molar-refractivity contribution in [2.75, 3.05) is 7.11 Å². The van der Waals surface area contributed by atoms with Gasteiger partial charge in [0.1, 0.15) is 5.75 Å². The molecule has 0 fully saturated rings. The highest BCUT2D eigenvalue weighted by Crippen LogP contribution is 2.24. The monoisotopic (exact) mass is 313 g/mol. The molecule has 0 amide bonds. The van der Waals surface area contributed by atoms with E-state index in [1.54, 1.807) is 7.11 Å². The van der Waals surface area contributed by atoms with E-state index in [1.165, 1.54) is 0 Å². The summed E-state index contributed by atoms with van der Waals surface area (Å²) in [7, 11) is 1.67. The lowest BCUT2D eigenvalue weighted by Gasteiger charge is -2.05. The third-order valence-electron chi connectivity index (χ3n) is 3.04. The zero-order chi connectivity index (χ0) is 13.2. The van der Waals surface area contributed by atoms with Crippen LogP contribution in [0.15, 0.2) is 59.1 Å². The second-order valence-corrected chi connectivity index (χ2v) is 5.18. The highest BCUT2D eigenvalue weighted by molar-refractivity contribution is 9.10. The molecule has 0 N–H and O–H groups in total. The minimum atomic E-state index is 0.855. The summed E-state index contributed by atoms with van der Waals surface area (Å²) in [6.07, 6.45) is 0. The Kier molecular flexibility index (Phi) is 3.22. The molecule has 0 radical (unpaired) electrons. The number of nitrogens with zero attached hydrogens (tertiary/aromatic N) is 1.